The minimum absolute atomic E-state index is 0.293. The van der Waals surface area contributed by atoms with E-state index in [0.717, 1.165) is 21.8 Å². The molecule has 0 bridgehead atoms. The third kappa shape index (κ3) is 8.27. The molecule has 3 aromatic rings. The number of benzene rings is 3. The fraction of sp³-hybridized carbons (Fsp3) is 0.286. The quantitative estimate of drug-likeness (QED) is 0.371. The molecule has 0 aliphatic heterocycles. The standard InChI is InChI=1S/C28H32N2O3S/c1-20-17-23(15-16-25(20)34-19-22-13-9-6-10-14-22)29-26(31)24(18-21-11-7-5-8-12-21)30-27(32)33-28(2,3)4/h5-17,24H,18-19H2,1-4H3,(H,29,31)(H,30,32). The highest BCUT2D eigenvalue weighted by atomic mass is 32.2. The fourth-order valence-electron chi connectivity index (χ4n) is 3.36. The Hall–Kier alpha value is -3.25. The first-order valence-electron chi connectivity index (χ1n) is 11.3. The van der Waals surface area contributed by atoms with Crippen molar-refractivity contribution in [3.8, 4) is 0 Å². The van der Waals surface area contributed by atoms with Crippen LogP contribution in [-0.2, 0) is 21.7 Å². The van der Waals surface area contributed by atoms with Crippen molar-refractivity contribution in [3.05, 3.63) is 95.6 Å². The molecule has 0 saturated heterocycles. The van der Waals surface area contributed by atoms with Crippen LogP contribution in [0.4, 0.5) is 10.5 Å². The summed E-state index contributed by atoms with van der Waals surface area (Å²) in [5, 5.41) is 5.68. The number of nitrogens with one attached hydrogen (secondary N) is 2. The summed E-state index contributed by atoms with van der Waals surface area (Å²) in [6.45, 7) is 7.40. The van der Waals surface area contributed by atoms with Crippen LogP contribution in [0.3, 0.4) is 0 Å². The molecule has 178 valence electrons. The molecule has 0 saturated carbocycles. The summed E-state index contributed by atoms with van der Waals surface area (Å²) in [6.07, 6.45) is -0.261. The molecule has 1 unspecified atom stereocenters. The number of hydrogen-bond acceptors (Lipinski definition) is 4. The van der Waals surface area contributed by atoms with Crippen molar-refractivity contribution < 1.29 is 14.3 Å². The van der Waals surface area contributed by atoms with Crippen molar-refractivity contribution in [2.45, 2.75) is 56.4 Å². The van der Waals surface area contributed by atoms with E-state index in [-0.39, 0.29) is 5.91 Å². The zero-order valence-electron chi connectivity index (χ0n) is 20.1. The molecule has 3 aromatic carbocycles. The number of alkyl carbamates (subject to hydrolysis) is 1. The van der Waals surface area contributed by atoms with Gasteiger partial charge in [0, 0.05) is 22.8 Å². The normalized spacial score (nSPS) is 12.0. The Morgan fingerprint density at radius 2 is 1.53 bits per heavy atom. The number of carbonyl (C=O) groups excluding carboxylic acids is 2. The zero-order chi connectivity index (χ0) is 24.6. The van der Waals surface area contributed by atoms with Gasteiger partial charge in [-0.3, -0.25) is 4.79 Å². The second kappa shape index (κ2) is 11.7. The van der Waals surface area contributed by atoms with Crippen molar-refractivity contribution in [1.82, 2.24) is 5.32 Å². The molecule has 0 aliphatic rings. The summed E-state index contributed by atoms with van der Waals surface area (Å²) < 4.78 is 5.37. The first-order valence-corrected chi connectivity index (χ1v) is 12.3. The van der Waals surface area contributed by atoms with Gasteiger partial charge in [-0.15, -0.1) is 11.8 Å². The van der Waals surface area contributed by atoms with Gasteiger partial charge in [-0.25, -0.2) is 4.79 Å². The topological polar surface area (TPSA) is 67.4 Å². The van der Waals surface area contributed by atoms with Crippen molar-refractivity contribution in [2.75, 3.05) is 5.32 Å². The Kier molecular flexibility index (Phi) is 8.77. The molecule has 6 heteroatoms. The van der Waals surface area contributed by atoms with Crippen LogP contribution in [0.5, 0.6) is 0 Å². The molecule has 5 nitrogen and oxygen atoms in total. The van der Waals surface area contributed by atoms with E-state index >= 15 is 0 Å². The molecule has 2 amide bonds. The summed E-state index contributed by atoms with van der Waals surface area (Å²) in [7, 11) is 0. The van der Waals surface area contributed by atoms with E-state index in [2.05, 4.69) is 22.8 Å². The van der Waals surface area contributed by atoms with Crippen LogP contribution in [0.1, 0.15) is 37.5 Å². The number of ether oxygens (including phenoxy) is 1. The Morgan fingerprint density at radius 1 is 0.912 bits per heavy atom. The molecule has 3 rings (SSSR count). The summed E-state index contributed by atoms with van der Waals surface area (Å²) in [6, 6.07) is 25.0. The molecule has 0 aliphatic carbocycles. The number of carbonyl (C=O) groups is 2. The van der Waals surface area contributed by atoms with Crippen LogP contribution in [0, 0.1) is 6.92 Å². The Bertz CT molecular complexity index is 1100. The molecular formula is C28H32N2O3S. The lowest BCUT2D eigenvalue weighted by Gasteiger charge is -2.23. The third-order valence-corrected chi connectivity index (χ3v) is 6.22. The molecule has 2 N–H and O–H groups in total. The summed E-state index contributed by atoms with van der Waals surface area (Å²) >= 11 is 1.76. The molecule has 0 heterocycles. The molecular weight excluding hydrogens is 444 g/mol. The molecule has 0 aromatic heterocycles. The zero-order valence-corrected chi connectivity index (χ0v) is 20.9. The molecule has 0 spiro atoms. The second-order valence-corrected chi connectivity index (χ2v) is 10.1. The van der Waals surface area contributed by atoms with Crippen LogP contribution in [-0.4, -0.2) is 23.6 Å². The number of rotatable bonds is 8. The maximum absolute atomic E-state index is 13.1. The maximum atomic E-state index is 13.1. The van der Waals surface area contributed by atoms with Crippen molar-refractivity contribution >= 4 is 29.4 Å². The van der Waals surface area contributed by atoms with E-state index in [4.69, 9.17) is 4.74 Å². The monoisotopic (exact) mass is 476 g/mol. The largest absolute Gasteiger partial charge is 0.444 e. The summed E-state index contributed by atoms with van der Waals surface area (Å²) in [5.74, 6) is 0.589. The van der Waals surface area contributed by atoms with Gasteiger partial charge in [0.2, 0.25) is 5.91 Å². The lowest BCUT2D eigenvalue weighted by Crippen LogP contribution is -2.47. The van der Waals surface area contributed by atoms with Crippen molar-refractivity contribution in [1.29, 1.82) is 0 Å². The van der Waals surface area contributed by atoms with E-state index in [9.17, 15) is 9.59 Å². The Morgan fingerprint density at radius 3 is 2.12 bits per heavy atom. The van der Waals surface area contributed by atoms with Gasteiger partial charge in [0.1, 0.15) is 11.6 Å². The molecule has 34 heavy (non-hydrogen) atoms. The SMILES string of the molecule is Cc1cc(NC(=O)C(Cc2ccccc2)NC(=O)OC(C)(C)C)ccc1SCc1ccccc1. The lowest BCUT2D eigenvalue weighted by molar-refractivity contribution is -0.118. The fourth-order valence-corrected chi connectivity index (χ4v) is 4.33. The number of thioether (sulfide) groups is 1. The predicted octanol–water partition coefficient (Wildman–Crippen LogP) is 6.36. The highest BCUT2D eigenvalue weighted by Crippen LogP contribution is 2.28. The first kappa shape index (κ1) is 25.4. The van der Waals surface area contributed by atoms with Gasteiger partial charge in [-0.2, -0.15) is 0 Å². The first-order chi connectivity index (χ1) is 16.2. The van der Waals surface area contributed by atoms with Crippen LogP contribution in [0.25, 0.3) is 0 Å². The lowest BCUT2D eigenvalue weighted by atomic mass is 10.1. The van der Waals surface area contributed by atoms with Crippen LogP contribution >= 0.6 is 11.8 Å². The Balaban J connectivity index is 1.68. The van der Waals surface area contributed by atoms with Gasteiger partial charge in [0.05, 0.1) is 0 Å². The molecule has 1 atom stereocenters. The van der Waals surface area contributed by atoms with Gasteiger partial charge in [0.15, 0.2) is 0 Å². The van der Waals surface area contributed by atoms with Crippen LogP contribution < -0.4 is 10.6 Å². The van der Waals surface area contributed by atoms with Gasteiger partial charge in [-0.05, 0) is 62.6 Å². The van der Waals surface area contributed by atoms with E-state index in [1.165, 1.54) is 5.56 Å². The third-order valence-electron chi connectivity index (χ3n) is 4.97. The van der Waals surface area contributed by atoms with Gasteiger partial charge >= 0.3 is 6.09 Å². The van der Waals surface area contributed by atoms with E-state index in [1.807, 2.05) is 73.7 Å². The predicted molar refractivity (Wildman–Crippen MR) is 139 cm³/mol. The average molecular weight is 477 g/mol. The Labute approximate surface area is 206 Å². The number of anilines is 1. The maximum Gasteiger partial charge on any atom is 0.408 e. The minimum atomic E-state index is -0.773. The number of hydrogen-bond donors (Lipinski definition) is 2. The highest BCUT2D eigenvalue weighted by molar-refractivity contribution is 7.98. The van der Waals surface area contributed by atoms with Crippen molar-refractivity contribution in [3.63, 3.8) is 0 Å². The van der Waals surface area contributed by atoms with Crippen molar-refractivity contribution in [2.24, 2.45) is 0 Å². The summed E-state index contributed by atoms with van der Waals surface area (Å²) in [5.41, 5.74) is 3.33. The smallest absolute Gasteiger partial charge is 0.408 e. The number of aryl methyl sites for hydroxylation is 1. The number of amides is 2. The van der Waals surface area contributed by atoms with Gasteiger partial charge in [-0.1, -0.05) is 60.7 Å². The highest BCUT2D eigenvalue weighted by Gasteiger charge is 2.25. The molecule has 0 radical (unpaired) electrons. The van der Waals surface area contributed by atoms with E-state index in [1.54, 1.807) is 32.5 Å². The summed E-state index contributed by atoms with van der Waals surface area (Å²) in [4.78, 5) is 26.7. The van der Waals surface area contributed by atoms with Gasteiger partial charge in [0.25, 0.3) is 0 Å². The molecule has 0 fully saturated rings. The second-order valence-electron chi connectivity index (χ2n) is 9.13. The van der Waals surface area contributed by atoms with Crippen LogP contribution in [0.15, 0.2) is 83.8 Å². The van der Waals surface area contributed by atoms with E-state index in [0.29, 0.717) is 12.1 Å². The minimum Gasteiger partial charge on any atom is -0.444 e. The van der Waals surface area contributed by atoms with Crippen LogP contribution in [0.2, 0.25) is 0 Å². The average Bonchev–Trinajstić information content (AvgIpc) is 2.78. The van der Waals surface area contributed by atoms with Gasteiger partial charge < -0.3 is 15.4 Å². The van der Waals surface area contributed by atoms with E-state index < -0.39 is 17.7 Å².